The summed E-state index contributed by atoms with van der Waals surface area (Å²) >= 11 is 1.26. The smallest absolute Gasteiger partial charge is 0.334 e. The van der Waals surface area contributed by atoms with Crippen LogP contribution in [0.15, 0.2) is 57.9 Å². The molecule has 1 saturated heterocycles. The van der Waals surface area contributed by atoms with E-state index in [0.717, 1.165) is 34.1 Å². The summed E-state index contributed by atoms with van der Waals surface area (Å²) in [6, 6.07) is 10.0. The van der Waals surface area contributed by atoms with Gasteiger partial charge in [-0.15, -0.1) is 5.06 Å². The Morgan fingerprint density at radius 2 is 1.64 bits per heavy atom. The average Bonchev–Trinajstić information content (AvgIpc) is 3.40. The largest absolute Gasteiger partial charge is 0.515 e. The van der Waals surface area contributed by atoms with Gasteiger partial charge in [0.2, 0.25) is 5.91 Å². The number of rotatable bonds is 12. The number of carbonyl (C=O) groups excluding carboxylic acids is 5. The second kappa shape index (κ2) is 16.5. The molecule has 2 aliphatic carbocycles. The molecule has 4 aliphatic rings. The maximum Gasteiger partial charge on any atom is 0.334 e. The van der Waals surface area contributed by atoms with E-state index < -0.39 is 17.8 Å². The van der Waals surface area contributed by atoms with E-state index in [1.165, 1.54) is 30.0 Å². The molecule has 262 valence electrons. The molecular formula is C37H39N3O9S. The Labute approximate surface area is 293 Å². The maximum absolute atomic E-state index is 13.3. The zero-order valence-electron chi connectivity index (χ0n) is 27.9. The van der Waals surface area contributed by atoms with Crippen molar-refractivity contribution < 1.29 is 38.3 Å². The summed E-state index contributed by atoms with van der Waals surface area (Å²) in [7, 11) is 0. The molecule has 0 bridgehead atoms. The van der Waals surface area contributed by atoms with Crippen LogP contribution in [0.1, 0.15) is 79.1 Å². The predicted octanol–water partition coefficient (Wildman–Crippen LogP) is 5.17. The molecule has 0 aromatic heterocycles. The Morgan fingerprint density at radius 3 is 2.30 bits per heavy atom. The number of thioether (sulfide) groups is 1. The molecule has 1 aromatic rings. The quantitative estimate of drug-likeness (QED) is 0.130. The fourth-order valence-electron chi connectivity index (χ4n) is 6.18. The molecule has 1 aromatic carbocycles. The van der Waals surface area contributed by atoms with Crippen molar-refractivity contribution in [2.45, 2.75) is 70.9 Å². The highest BCUT2D eigenvalue weighted by atomic mass is 32.2. The third kappa shape index (κ3) is 8.70. The number of aryl methyl sites for hydroxylation is 1. The van der Waals surface area contributed by atoms with E-state index in [4.69, 9.17) is 9.25 Å². The molecule has 5 rings (SSSR count). The molecule has 0 radical (unpaired) electrons. The van der Waals surface area contributed by atoms with Gasteiger partial charge in [0.1, 0.15) is 11.5 Å². The number of hydrogen-bond donors (Lipinski definition) is 3. The summed E-state index contributed by atoms with van der Waals surface area (Å²) in [5.74, 6) is -0.866. The first-order valence-corrected chi connectivity index (χ1v) is 17.6. The number of fused-ring (bicyclic) bond motifs is 1. The number of aliphatic hydroxyl groups excluding tert-OH is 1. The Morgan fingerprint density at radius 1 is 0.960 bits per heavy atom. The lowest BCUT2D eigenvalue weighted by Crippen LogP contribution is -2.44. The Bertz CT molecular complexity index is 1860. The lowest BCUT2D eigenvalue weighted by atomic mass is 9.88. The van der Waals surface area contributed by atoms with E-state index in [1.807, 2.05) is 38.1 Å². The molecule has 50 heavy (non-hydrogen) atoms. The normalized spacial score (nSPS) is 17.9. The van der Waals surface area contributed by atoms with Crippen molar-refractivity contribution in [3.05, 3.63) is 81.4 Å². The van der Waals surface area contributed by atoms with Gasteiger partial charge in [-0.25, -0.2) is 4.79 Å². The number of aliphatic hydroxyl groups is 1. The van der Waals surface area contributed by atoms with Crippen LogP contribution in [0, 0.1) is 6.92 Å². The first-order chi connectivity index (χ1) is 24.1. The van der Waals surface area contributed by atoms with Crippen molar-refractivity contribution in [2.75, 3.05) is 11.5 Å². The van der Waals surface area contributed by atoms with Crippen LogP contribution in [0.2, 0.25) is 0 Å². The van der Waals surface area contributed by atoms with Crippen molar-refractivity contribution in [3.63, 3.8) is 0 Å². The van der Waals surface area contributed by atoms with Crippen LogP contribution in [0.4, 0.5) is 0 Å². The van der Waals surface area contributed by atoms with Crippen LogP contribution in [0.3, 0.4) is 0 Å². The Balaban J connectivity index is 1.12. The van der Waals surface area contributed by atoms with Gasteiger partial charge in [-0.1, -0.05) is 18.2 Å². The monoisotopic (exact) mass is 701 g/mol. The fraction of sp³-hybridized carbons (Fsp3) is 0.351. The first kappa shape index (κ1) is 36.1. The summed E-state index contributed by atoms with van der Waals surface area (Å²) in [6.07, 6.45) is 8.91. The second-order valence-corrected chi connectivity index (χ2v) is 13.3. The number of hydroxylamine groups is 2. The van der Waals surface area contributed by atoms with Gasteiger partial charge in [0.25, 0.3) is 17.7 Å². The lowest BCUT2D eigenvalue weighted by Gasteiger charge is -2.29. The minimum absolute atomic E-state index is 0.0167. The topological polar surface area (TPSA) is 172 Å². The molecule has 0 unspecified atom stereocenters. The van der Waals surface area contributed by atoms with E-state index >= 15 is 0 Å². The van der Waals surface area contributed by atoms with Crippen LogP contribution < -0.4 is 16.1 Å². The highest BCUT2D eigenvalue weighted by molar-refractivity contribution is 7.99. The highest BCUT2D eigenvalue weighted by Crippen LogP contribution is 2.41. The fourth-order valence-corrected chi connectivity index (χ4v) is 6.90. The molecule has 0 spiro atoms. The van der Waals surface area contributed by atoms with Crippen molar-refractivity contribution in [1.29, 1.82) is 0 Å². The van der Waals surface area contributed by atoms with Gasteiger partial charge in [0.15, 0.2) is 5.43 Å². The maximum atomic E-state index is 13.3. The van der Waals surface area contributed by atoms with Crippen LogP contribution >= 0.6 is 11.8 Å². The number of nitrogens with zero attached hydrogens (tertiary/aromatic N) is 1. The van der Waals surface area contributed by atoms with Crippen LogP contribution in [0.25, 0.3) is 34.6 Å². The minimum Gasteiger partial charge on any atom is -0.515 e. The van der Waals surface area contributed by atoms with Gasteiger partial charge >= 0.3 is 5.97 Å². The number of allylic oxidation sites excluding steroid dienone is 1. The summed E-state index contributed by atoms with van der Waals surface area (Å²) in [5.41, 5.74) is 4.28. The second-order valence-electron chi connectivity index (χ2n) is 12.2. The van der Waals surface area contributed by atoms with Gasteiger partial charge < -0.3 is 25.0 Å². The van der Waals surface area contributed by atoms with Crippen LogP contribution in [-0.4, -0.2) is 63.4 Å². The zero-order chi connectivity index (χ0) is 35.8. The van der Waals surface area contributed by atoms with Gasteiger partial charge in [0.05, 0.1) is 18.4 Å². The number of carbonyl (C=O) groups is 5. The molecule has 13 heteroatoms. The summed E-state index contributed by atoms with van der Waals surface area (Å²) in [4.78, 5) is 77.8. The molecule has 1 saturated carbocycles. The van der Waals surface area contributed by atoms with Crippen molar-refractivity contribution in [3.8, 4) is 22.5 Å². The molecule has 4 amide bonds. The van der Waals surface area contributed by atoms with Gasteiger partial charge in [-0.05, 0) is 74.9 Å². The van der Waals surface area contributed by atoms with Gasteiger partial charge in [0, 0.05) is 65.1 Å². The van der Waals surface area contributed by atoms with E-state index in [2.05, 4.69) is 10.6 Å². The Hall–Kier alpha value is -5.17. The average molecular weight is 702 g/mol. The molecule has 2 aliphatic heterocycles. The molecule has 3 N–H and O–H groups in total. The van der Waals surface area contributed by atoms with Crippen molar-refractivity contribution in [1.82, 2.24) is 15.7 Å². The molecule has 2 heterocycles. The standard InChI is InChI=1S/C37H39N3O9S/c1-3-4-28-30(15-17-41)48-31-20-26(42)10-12-29(31)36(28)27-11-5-23(19-22(27)2)37(47)39-25-8-6-24(7-9-25)38-32(43)21-50-18-16-35(46)49-40-33(44)13-14-34(40)45/h3-5,10-12,15,17,19-20,24-25,41H,6-9,13-14,16,18,21H2,1-2H3,(H,38,43)(H,39,47)/b4-3-,17-15?. The van der Waals surface area contributed by atoms with Crippen LogP contribution in [-0.2, 0) is 24.0 Å². The molecule has 12 nitrogen and oxygen atoms in total. The number of benzene rings is 2. The molecule has 2 fully saturated rings. The highest BCUT2D eigenvalue weighted by Gasteiger charge is 2.33. The number of amides is 4. The third-order valence-electron chi connectivity index (χ3n) is 8.60. The lowest BCUT2D eigenvalue weighted by molar-refractivity contribution is -0.197. The van der Waals surface area contributed by atoms with E-state index in [1.54, 1.807) is 12.1 Å². The molecule has 0 atom stereocenters. The van der Waals surface area contributed by atoms with Crippen molar-refractivity contribution >= 4 is 53.5 Å². The van der Waals surface area contributed by atoms with Gasteiger partial charge in [-0.2, -0.15) is 11.8 Å². The van der Waals surface area contributed by atoms with Crippen LogP contribution in [0.5, 0.6) is 0 Å². The number of imide groups is 1. The summed E-state index contributed by atoms with van der Waals surface area (Å²) in [5, 5.41) is 16.2. The predicted molar refractivity (Wildman–Crippen MR) is 189 cm³/mol. The molecular weight excluding hydrogens is 662 g/mol. The van der Waals surface area contributed by atoms with E-state index in [0.29, 0.717) is 53.6 Å². The van der Waals surface area contributed by atoms with E-state index in [9.17, 15) is 33.9 Å². The summed E-state index contributed by atoms with van der Waals surface area (Å²) < 4.78 is 5.98. The van der Waals surface area contributed by atoms with Crippen molar-refractivity contribution in [2.24, 2.45) is 0 Å². The third-order valence-corrected chi connectivity index (χ3v) is 9.56. The minimum atomic E-state index is -0.696. The Kier molecular flexibility index (Phi) is 11.9. The number of hydrogen-bond acceptors (Lipinski definition) is 10. The SMILES string of the molecule is C/C=C\c1c(C=CO)oc2cc(=O)ccc-2c1-c1ccc(C(=O)NC2CCC(NC(=O)CSCCC(=O)ON3C(=O)CCC3=O)CC2)cc1C. The number of nitrogens with one attached hydrogen (secondary N) is 2. The zero-order valence-corrected chi connectivity index (χ0v) is 28.7. The van der Waals surface area contributed by atoms with E-state index in [-0.39, 0.29) is 54.3 Å². The summed E-state index contributed by atoms with van der Waals surface area (Å²) in [6.45, 7) is 3.79. The first-order valence-electron chi connectivity index (χ1n) is 16.5. The van der Waals surface area contributed by atoms with Gasteiger partial charge in [-0.3, -0.25) is 24.0 Å².